The summed E-state index contributed by atoms with van der Waals surface area (Å²) in [7, 11) is -2.24. The molecular formula is C26H27N3O4S2. The first-order chi connectivity index (χ1) is 16.7. The number of sulfonamides is 1. The zero-order valence-corrected chi connectivity index (χ0v) is 21.7. The van der Waals surface area contributed by atoms with Crippen LogP contribution in [-0.4, -0.2) is 32.6 Å². The highest BCUT2D eigenvalue weighted by molar-refractivity contribution is 7.92. The number of hydrogen-bond acceptors (Lipinski definition) is 5. The quantitative estimate of drug-likeness (QED) is 0.387. The third kappa shape index (κ3) is 5.37. The zero-order chi connectivity index (χ0) is 25.2. The van der Waals surface area contributed by atoms with Crippen LogP contribution in [0.1, 0.15) is 27.0 Å². The van der Waals surface area contributed by atoms with Gasteiger partial charge in [-0.3, -0.25) is 9.52 Å². The summed E-state index contributed by atoms with van der Waals surface area (Å²) < 4.78 is 36.7. The summed E-state index contributed by atoms with van der Waals surface area (Å²) in [6, 6.07) is 17.2. The van der Waals surface area contributed by atoms with Gasteiger partial charge in [0.1, 0.15) is 0 Å². The van der Waals surface area contributed by atoms with Gasteiger partial charge < -0.3 is 9.30 Å². The number of methoxy groups -OCH3 is 1. The second-order valence-electron chi connectivity index (χ2n) is 8.31. The van der Waals surface area contributed by atoms with Crippen molar-refractivity contribution in [1.29, 1.82) is 0 Å². The number of amides is 1. The van der Waals surface area contributed by atoms with E-state index >= 15 is 0 Å². The molecule has 9 heteroatoms. The lowest BCUT2D eigenvalue weighted by molar-refractivity contribution is 0.0998. The summed E-state index contributed by atoms with van der Waals surface area (Å²) in [5.74, 6) is -0.529. The minimum atomic E-state index is -3.87. The predicted octanol–water partition coefficient (Wildman–Crippen LogP) is 4.82. The van der Waals surface area contributed by atoms with E-state index in [2.05, 4.69) is 21.8 Å². The Bertz CT molecular complexity index is 1570. The lowest BCUT2D eigenvalue weighted by Crippen LogP contribution is -2.20. The number of ether oxygens (including phenoxy) is 1. The molecule has 3 aromatic carbocycles. The molecule has 0 aliphatic carbocycles. The number of para-hydroxylation sites is 1. The standard InChI is InChI=1S/C26H27N3O4S2/c1-17-9-11-20(12-10-17)35(31,32)28-22-8-6-5-7-21(22)25(30)27-26-29(13-14-33-4)23-15-18(2)19(3)16-24(23)34-26/h5-12,15-16,28H,13-14H2,1-4H3. The van der Waals surface area contributed by atoms with Gasteiger partial charge >= 0.3 is 0 Å². The van der Waals surface area contributed by atoms with E-state index in [9.17, 15) is 13.2 Å². The number of carbonyl (C=O) groups is 1. The van der Waals surface area contributed by atoms with Crippen molar-refractivity contribution in [2.45, 2.75) is 32.2 Å². The topological polar surface area (TPSA) is 89.8 Å². The van der Waals surface area contributed by atoms with Crippen molar-refractivity contribution in [1.82, 2.24) is 4.57 Å². The van der Waals surface area contributed by atoms with Crippen molar-refractivity contribution < 1.29 is 17.9 Å². The molecule has 0 saturated heterocycles. The molecule has 0 saturated carbocycles. The molecule has 0 aliphatic heterocycles. The normalized spacial score (nSPS) is 12.3. The van der Waals surface area contributed by atoms with Gasteiger partial charge in [-0.1, -0.05) is 41.2 Å². The highest BCUT2D eigenvalue weighted by atomic mass is 32.2. The second-order valence-corrected chi connectivity index (χ2v) is 11.0. The maximum Gasteiger partial charge on any atom is 0.281 e. The van der Waals surface area contributed by atoms with Gasteiger partial charge in [-0.05, 0) is 68.3 Å². The average Bonchev–Trinajstić information content (AvgIpc) is 3.13. The molecule has 0 atom stereocenters. The van der Waals surface area contributed by atoms with Crippen LogP contribution >= 0.6 is 11.3 Å². The number of nitrogens with zero attached hydrogens (tertiary/aromatic N) is 2. The van der Waals surface area contributed by atoms with Crippen molar-refractivity contribution in [2.24, 2.45) is 4.99 Å². The molecule has 0 unspecified atom stereocenters. The van der Waals surface area contributed by atoms with Gasteiger partial charge in [-0.25, -0.2) is 8.42 Å². The van der Waals surface area contributed by atoms with Crippen LogP contribution in [0.15, 0.2) is 70.6 Å². The number of thiazole rings is 1. The van der Waals surface area contributed by atoms with Gasteiger partial charge in [0.15, 0.2) is 4.80 Å². The van der Waals surface area contributed by atoms with Gasteiger partial charge in [0, 0.05) is 13.7 Å². The van der Waals surface area contributed by atoms with E-state index in [1.807, 2.05) is 25.3 Å². The van der Waals surface area contributed by atoms with Gasteiger partial charge in [-0.15, -0.1) is 0 Å². The second kappa shape index (κ2) is 10.2. The van der Waals surface area contributed by atoms with Gasteiger partial charge in [0.2, 0.25) is 0 Å². The third-order valence-electron chi connectivity index (χ3n) is 5.75. The summed E-state index contributed by atoms with van der Waals surface area (Å²) in [6.07, 6.45) is 0. The Kier molecular flexibility index (Phi) is 7.20. The van der Waals surface area contributed by atoms with Crippen LogP contribution in [0.25, 0.3) is 10.2 Å². The molecule has 182 valence electrons. The Morgan fingerprint density at radius 2 is 1.71 bits per heavy atom. The van der Waals surface area contributed by atoms with Crippen LogP contribution in [0.2, 0.25) is 0 Å². The first-order valence-electron chi connectivity index (χ1n) is 11.1. The fourth-order valence-electron chi connectivity index (χ4n) is 3.63. The van der Waals surface area contributed by atoms with E-state index in [1.54, 1.807) is 43.5 Å². The molecule has 35 heavy (non-hydrogen) atoms. The molecule has 1 aromatic heterocycles. The van der Waals surface area contributed by atoms with Crippen molar-refractivity contribution >= 4 is 43.2 Å². The number of carbonyl (C=O) groups excluding carboxylic acids is 1. The first-order valence-corrected chi connectivity index (χ1v) is 13.4. The zero-order valence-electron chi connectivity index (χ0n) is 20.0. The monoisotopic (exact) mass is 509 g/mol. The van der Waals surface area contributed by atoms with Gasteiger partial charge in [0.05, 0.1) is 33.0 Å². The van der Waals surface area contributed by atoms with Crippen LogP contribution in [0, 0.1) is 20.8 Å². The number of benzene rings is 3. The molecule has 0 spiro atoms. The number of aryl methyl sites for hydroxylation is 3. The Morgan fingerprint density at radius 3 is 2.43 bits per heavy atom. The van der Waals surface area contributed by atoms with E-state index in [0.717, 1.165) is 26.9 Å². The molecule has 0 bridgehead atoms. The molecule has 1 amide bonds. The number of anilines is 1. The summed E-state index contributed by atoms with van der Waals surface area (Å²) in [4.78, 5) is 18.4. The Hall–Kier alpha value is -3.27. The van der Waals surface area contributed by atoms with Crippen LogP contribution in [0.4, 0.5) is 5.69 Å². The van der Waals surface area contributed by atoms with Crippen molar-refractivity contribution in [3.63, 3.8) is 0 Å². The lowest BCUT2D eigenvalue weighted by Gasteiger charge is -2.11. The van der Waals surface area contributed by atoms with Crippen LogP contribution in [0.5, 0.6) is 0 Å². The Labute approximate surface area is 208 Å². The number of hydrogen-bond donors (Lipinski definition) is 1. The molecule has 4 rings (SSSR count). The van der Waals surface area contributed by atoms with Crippen molar-refractivity contribution in [3.8, 4) is 0 Å². The summed E-state index contributed by atoms with van der Waals surface area (Å²) in [5, 5.41) is 0. The maximum absolute atomic E-state index is 13.3. The lowest BCUT2D eigenvalue weighted by atomic mass is 10.1. The molecule has 1 heterocycles. The van der Waals surface area contributed by atoms with E-state index < -0.39 is 15.9 Å². The molecule has 4 aromatic rings. The average molecular weight is 510 g/mol. The Morgan fingerprint density at radius 1 is 1.03 bits per heavy atom. The van der Waals surface area contributed by atoms with Crippen LogP contribution in [0.3, 0.4) is 0 Å². The largest absolute Gasteiger partial charge is 0.383 e. The van der Waals surface area contributed by atoms with E-state index in [-0.39, 0.29) is 16.1 Å². The summed E-state index contributed by atoms with van der Waals surface area (Å²) >= 11 is 1.42. The molecule has 1 N–H and O–H groups in total. The minimum absolute atomic E-state index is 0.120. The van der Waals surface area contributed by atoms with Gasteiger partial charge in [-0.2, -0.15) is 4.99 Å². The molecular weight excluding hydrogens is 482 g/mol. The minimum Gasteiger partial charge on any atom is -0.383 e. The fraction of sp³-hybridized carbons (Fsp3) is 0.231. The molecule has 0 fully saturated rings. The number of aromatic nitrogens is 1. The van der Waals surface area contributed by atoms with Gasteiger partial charge in [0.25, 0.3) is 15.9 Å². The first kappa shape index (κ1) is 24.8. The summed E-state index contributed by atoms with van der Waals surface area (Å²) in [6.45, 7) is 6.98. The summed E-state index contributed by atoms with van der Waals surface area (Å²) in [5.41, 5.74) is 4.59. The molecule has 0 aliphatic rings. The van der Waals surface area contributed by atoms with Crippen LogP contribution in [-0.2, 0) is 21.3 Å². The Balaban J connectivity index is 1.76. The number of nitrogens with one attached hydrogen (secondary N) is 1. The third-order valence-corrected chi connectivity index (χ3v) is 8.17. The maximum atomic E-state index is 13.3. The predicted molar refractivity (Wildman–Crippen MR) is 139 cm³/mol. The van der Waals surface area contributed by atoms with E-state index in [4.69, 9.17) is 4.74 Å². The number of fused-ring (bicyclic) bond motifs is 1. The van der Waals surface area contributed by atoms with E-state index in [1.165, 1.54) is 23.5 Å². The SMILES string of the molecule is COCCn1c(=NC(=O)c2ccccc2NS(=O)(=O)c2ccc(C)cc2)sc2cc(C)c(C)cc21. The van der Waals surface area contributed by atoms with E-state index in [0.29, 0.717) is 18.0 Å². The molecule has 0 radical (unpaired) electrons. The van der Waals surface area contributed by atoms with Crippen LogP contribution < -0.4 is 9.52 Å². The van der Waals surface area contributed by atoms with Crippen molar-refractivity contribution in [2.75, 3.05) is 18.4 Å². The highest BCUT2D eigenvalue weighted by Crippen LogP contribution is 2.24. The fourth-order valence-corrected chi connectivity index (χ4v) is 5.85. The number of rotatable bonds is 7. The highest BCUT2D eigenvalue weighted by Gasteiger charge is 2.19. The van der Waals surface area contributed by atoms with Crippen molar-refractivity contribution in [3.05, 3.63) is 87.7 Å². The molecule has 7 nitrogen and oxygen atoms in total. The smallest absolute Gasteiger partial charge is 0.281 e.